The third kappa shape index (κ3) is 4.81. The maximum absolute atomic E-state index is 5.79. The number of hydrogen-bond acceptors (Lipinski definition) is 2. The van der Waals surface area contributed by atoms with Gasteiger partial charge in [-0.1, -0.05) is 35.8 Å². The highest BCUT2D eigenvalue weighted by Crippen LogP contribution is 2.24. The number of ether oxygens (including phenoxy) is 1. The van der Waals surface area contributed by atoms with E-state index < -0.39 is 0 Å². The van der Waals surface area contributed by atoms with Crippen molar-refractivity contribution in [3.8, 4) is 5.75 Å². The van der Waals surface area contributed by atoms with Crippen molar-refractivity contribution < 1.29 is 4.74 Å². The topological polar surface area (TPSA) is 12.5 Å². The van der Waals surface area contributed by atoms with Gasteiger partial charge in [0.1, 0.15) is 12.4 Å². The van der Waals surface area contributed by atoms with E-state index >= 15 is 0 Å². The first kappa shape index (κ1) is 14.9. The van der Waals surface area contributed by atoms with Gasteiger partial charge in [0, 0.05) is 11.0 Å². The van der Waals surface area contributed by atoms with Crippen LogP contribution in [-0.2, 0) is 0 Å². The SMILES string of the molecule is CC(C)C1CCN(CCOc2cccc(Br)c2)CC1. The molecular formula is C16H24BrNO. The Morgan fingerprint density at radius 1 is 1.32 bits per heavy atom. The molecule has 0 N–H and O–H groups in total. The van der Waals surface area contributed by atoms with E-state index in [4.69, 9.17) is 4.74 Å². The molecule has 0 saturated carbocycles. The lowest BCUT2D eigenvalue weighted by Gasteiger charge is -2.33. The maximum atomic E-state index is 5.79. The van der Waals surface area contributed by atoms with Crippen molar-refractivity contribution in [1.29, 1.82) is 0 Å². The molecule has 0 atom stereocenters. The van der Waals surface area contributed by atoms with Crippen LogP contribution in [0.15, 0.2) is 28.7 Å². The van der Waals surface area contributed by atoms with Crippen molar-refractivity contribution in [2.24, 2.45) is 11.8 Å². The molecule has 2 rings (SSSR count). The number of likely N-dealkylation sites (tertiary alicyclic amines) is 1. The second-order valence-corrected chi connectivity index (χ2v) is 6.64. The van der Waals surface area contributed by atoms with Crippen LogP contribution >= 0.6 is 15.9 Å². The van der Waals surface area contributed by atoms with E-state index in [-0.39, 0.29) is 0 Å². The average Bonchev–Trinajstić information content (AvgIpc) is 2.39. The van der Waals surface area contributed by atoms with Gasteiger partial charge in [0.2, 0.25) is 0 Å². The molecule has 106 valence electrons. The van der Waals surface area contributed by atoms with Crippen molar-refractivity contribution in [3.63, 3.8) is 0 Å². The smallest absolute Gasteiger partial charge is 0.120 e. The molecule has 1 aliphatic heterocycles. The Morgan fingerprint density at radius 2 is 2.05 bits per heavy atom. The Balaban J connectivity index is 1.67. The first-order valence-electron chi connectivity index (χ1n) is 7.26. The largest absolute Gasteiger partial charge is 0.492 e. The molecule has 0 radical (unpaired) electrons. The minimum atomic E-state index is 0.781. The number of hydrogen-bond donors (Lipinski definition) is 0. The van der Waals surface area contributed by atoms with Gasteiger partial charge in [-0.05, 0) is 56.0 Å². The van der Waals surface area contributed by atoms with Crippen molar-refractivity contribution >= 4 is 15.9 Å². The van der Waals surface area contributed by atoms with E-state index in [1.54, 1.807) is 0 Å². The van der Waals surface area contributed by atoms with E-state index in [1.807, 2.05) is 24.3 Å². The average molecular weight is 326 g/mol. The van der Waals surface area contributed by atoms with Crippen molar-refractivity contribution in [2.45, 2.75) is 26.7 Å². The first-order chi connectivity index (χ1) is 9.15. The number of benzene rings is 1. The van der Waals surface area contributed by atoms with Gasteiger partial charge in [-0.15, -0.1) is 0 Å². The van der Waals surface area contributed by atoms with Crippen molar-refractivity contribution in [3.05, 3.63) is 28.7 Å². The van der Waals surface area contributed by atoms with Crippen LogP contribution in [0.5, 0.6) is 5.75 Å². The lowest BCUT2D eigenvalue weighted by atomic mass is 9.87. The molecule has 3 heteroatoms. The van der Waals surface area contributed by atoms with E-state index in [1.165, 1.54) is 25.9 Å². The summed E-state index contributed by atoms with van der Waals surface area (Å²) in [6.45, 7) is 8.96. The van der Waals surface area contributed by atoms with E-state index in [2.05, 4.69) is 34.7 Å². The highest BCUT2D eigenvalue weighted by molar-refractivity contribution is 9.10. The number of halogens is 1. The Bertz CT molecular complexity index is 386. The number of piperidine rings is 1. The monoisotopic (exact) mass is 325 g/mol. The lowest BCUT2D eigenvalue weighted by molar-refractivity contribution is 0.136. The molecule has 1 aliphatic rings. The second kappa shape index (κ2) is 7.30. The molecule has 0 bridgehead atoms. The summed E-state index contributed by atoms with van der Waals surface area (Å²) in [5, 5.41) is 0. The number of rotatable bonds is 5. The number of nitrogens with zero attached hydrogens (tertiary/aromatic N) is 1. The van der Waals surface area contributed by atoms with Crippen LogP contribution in [-0.4, -0.2) is 31.1 Å². The third-order valence-corrected chi connectivity index (χ3v) is 4.54. The Labute approximate surface area is 125 Å². The van der Waals surface area contributed by atoms with Crippen LogP contribution < -0.4 is 4.74 Å². The first-order valence-corrected chi connectivity index (χ1v) is 8.05. The van der Waals surface area contributed by atoms with Gasteiger partial charge in [0.15, 0.2) is 0 Å². The third-order valence-electron chi connectivity index (χ3n) is 4.05. The summed E-state index contributed by atoms with van der Waals surface area (Å²) in [6, 6.07) is 8.05. The summed E-state index contributed by atoms with van der Waals surface area (Å²) in [4.78, 5) is 2.52. The zero-order chi connectivity index (χ0) is 13.7. The van der Waals surface area contributed by atoms with Crippen LogP contribution in [0, 0.1) is 11.8 Å². The van der Waals surface area contributed by atoms with Crippen molar-refractivity contribution in [1.82, 2.24) is 4.90 Å². The van der Waals surface area contributed by atoms with Crippen LogP contribution in [0.25, 0.3) is 0 Å². The standard InChI is InChI=1S/C16H24BrNO/c1-13(2)14-6-8-18(9-7-14)10-11-19-16-5-3-4-15(17)12-16/h3-5,12-14H,6-11H2,1-2H3. The van der Waals surface area contributed by atoms with Gasteiger partial charge in [-0.3, -0.25) is 4.90 Å². The van der Waals surface area contributed by atoms with Crippen LogP contribution in [0.2, 0.25) is 0 Å². The second-order valence-electron chi connectivity index (χ2n) is 5.73. The zero-order valence-corrected chi connectivity index (χ0v) is 13.5. The Hall–Kier alpha value is -0.540. The molecule has 0 spiro atoms. The van der Waals surface area contributed by atoms with Gasteiger partial charge in [0.25, 0.3) is 0 Å². The zero-order valence-electron chi connectivity index (χ0n) is 11.9. The molecule has 1 saturated heterocycles. The summed E-state index contributed by atoms with van der Waals surface area (Å²) in [7, 11) is 0. The van der Waals surface area contributed by atoms with E-state index in [9.17, 15) is 0 Å². The fourth-order valence-electron chi connectivity index (χ4n) is 2.69. The van der Waals surface area contributed by atoms with Crippen LogP contribution in [0.3, 0.4) is 0 Å². The summed E-state index contributed by atoms with van der Waals surface area (Å²) in [5.41, 5.74) is 0. The van der Waals surface area contributed by atoms with Crippen LogP contribution in [0.4, 0.5) is 0 Å². The molecule has 2 nitrogen and oxygen atoms in total. The highest BCUT2D eigenvalue weighted by atomic mass is 79.9. The summed E-state index contributed by atoms with van der Waals surface area (Å²) < 4.78 is 6.86. The minimum absolute atomic E-state index is 0.781. The van der Waals surface area contributed by atoms with Gasteiger partial charge in [0.05, 0.1) is 0 Å². The normalized spacial score (nSPS) is 17.9. The van der Waals surface area contributed by atoms with E-state index in [0.717, 1.165) is 35.2 Å². The molecule has 0 aliphatic carbocycles. The minimum Gasteiger partial charge on any atom is -0.492 e. The maximum Gasteiger partial charge on any atom is 0.120 e. The van der Waals surface area contributed by atoms with Gasteiger partial charge < -0.3 is 4.74 Å². The molecule has 0 amide bonds. The molecule has 0 aromatic heterocycles. The summed E-state index contributed by atoms with van der Waals surface area (Å²) in [5.74, 6) is 2.70. The molecular weight excluding hydrogens is 302 g/mol. The summed E-state index contributed by atoms with van der Waals surface area (Å²) in [6.07, 6.45) is 2.68. The molecule has 1 aromatic rings. The highest BCUT2D eigenvalue weighted by Gasteiger charge is 2.21. The molecule has 1 heterocycles. The Kier molecular flexibility index (Phi) is 5.71. The lowest BCUT2D eigenvalue weighted by Crippen LogP contribution is -2.37. The van der Waals surface area contributed by atoms with E-state index in [0.29, 0.717) is 0 Å². The predicted octanol–water partition coefficient (Wildman–Crippen LogP) is 4.20. The Morgan fingerprint density at radius 3 is 2.68 bits per heavy atom. The molecule has 1 aromatic carbocycles. The quantitative estimate of drug-likeness (QED) is 0.804. The van der Waals surface area contributed by atoms with Gasteiger partial charge in [-0.25, -0.2) is 0 Å². The fourth-order valence-corrected chi connectivity index (χ4v) is 3.07. The molecule has 1 fully saturated rings. The van der Waals surface area contributed by atoms with Crippen molar-refractivity contribution in [2.75, 3.05) is 26.2 Å². The predicted molar refractivity (Wildman–Crippen MR) is 83.6 cm³/mol. The van der Waals surface area contributed by atoms with Gasteiger partial charge in [-0.2, -0.15) is 0 Å². The van der Waals surface area contributed by atoms with Crippen LogP contribution in [0.1, 0.15) is 26.7 Å². The molecule has 19 heavy (non-hydrogen) atoms. The van der Waals surface area contributed by atoms with Gasteiger partial charge >= 0.3 is 0 Å². The summed E-state index contributed by atoms with van der Waals surface area (Å²) >= 11 is 3.46. The fraction of sp³-hybridized carbons (Fsp3) is 0.625. The molecule has 0 unspecified atom stereocenters.